The van der Waals surface area contributed by atoms with Crippen LogP contribution in [0.15, 0.2) is 30.6 Å². The first-order valence-electron chi connectivity index (χ1n) is 6.65. The maximum absolute atomic E-state index is 4.45. The van der Waals surface area contributed by atoms with Crippen LogP contribution in [0, 0.1) is 5.41 Å². The first-order valence-corrected chi connectivity index (χ1v) is 6.65. The Labute approximate surface area is 109 Å². The SMILES string of the molecule is CCNC(Cn1cnc2ccccc21)C(C)(C)C. The van der Waals surface area contributed by atoms with Gasteiger partial charge in [-0.3, -0.25) is 0 Å². The third kappa shape index (κ3) is 2.72. The number of likely N-dealkylation sites (N-methyl/N-ethyl adjacent to an activating group) is 1. The topological polar surface area (TPSA) is 29.9 Å². The Balaban J connectivity index is 2.26. The Hall–Kier alpha value is -1.35. The van der Waals surface area contributed by atoms with Crippen LogP contribution in [0.25, 0.3) is 11.0 Å². The van der Waals surface area contributed by atoms with Gasteiger partial charge in [0, 0.05) is 12.6 Å². The smallest absolute Gasteiger partial charge is 0.0958 e. The van der Waals surface area contributed by atoms with Crippen molar-refractivity contribution < 1.29 is 0 Å². The fourth-order valence-corrected chi connectivity index (χ4v) is 2.24. The van der Waals surface area contributed by atoms with E-state index in [1.54, 1.807) is 0 Å². The number of nitrogens with zero attached hydrogens (tertiary/aromatic N) is 2. The number of nitrogens with one attached hydrogen (secondary N) is 1. The van der Waals surface area contributed by atoms with E-state index in [4.69, 9.17) is 0 Å². The molecular weight excluding hydrogens is 222 g/mol. The maximum atomic E-state index is 4.45. The average Bonchev–Trinajstić information content (AvgIpc) is 2.71. The van der Waals surface area contributed by atoms with Gasteiger partial charge in [0.2, 0.25) is 0 Å². The highest BCUT2D eigenvalue weighted by molar-refractivity contribution is 5.74. The maximum Gasteiger partial charge on any atom is 0.0958 e. The molecule has 0 bridgehead atoms. The molecule has 1 N–H and O–H groups in total. The van der Waals surface area contributed by atoms with Crippen molar-refractivity contribution in [2.24, 2.45) is 5.41 Å². The molecule has 2 aromatic rings. The van der Waals surface area contributed by atoms with Gasteiger partial charge in [-0.2, -0.15) is 0 Å². The molecule has 0 aliphatic rings. The van der Waals surface area contributed by atoms with Crippen LogP contribution in [0.2, 0.25) is 0 Å². The van der Waals surface area contributed by atoms with Crippen molar-refractivity contribution in [3.8, 4) is 0 Å². The van der Waals surface area contributed by atoms with Crippen LogP contribution >= 0.6 is 0 Å². The Bertz CT molecular complexity index is 508. The lowest BCUT2D eigenvalue weighted by molar-refractivity contribution is 0.247. The summed E-state index contributed by atoms with van der Waals surface area (Å²) in [6.45, 7) is 10.9. The number of aromatic nitrogens is 2. The van der Waals surface area contributed by atoms with Crippen LogP contribution in [0.5, 0.6) is 0 Å². The lowest BCUT2D eigenvalue weighted by Gasteiger charge is -2.31. The second-order valence-corrected chi connectivity index (χ2v) is 5.86. The summed E-state index contributed by atoms with van der Waals surface area (Å²) in [5.74, 6) is 0. The van der Waals surface area contributed by atoms with Gasteiger partial charge in [0.05, 0.1) is 17.4 Å². The highest BCUT2D eigenvalue weighted by atomic mass is 15.1. The quantitative estimate of drug-likeness (QED) is 0.897. The standard InChI is InChI=1S/C15H23N3/c1-5-16-14(15(2,3)4)10-18-11-17-12-8-6-7-9-13(12)18/h6-9,11,14,16H,5,10H2,1-4H3. The molecule has 1 heterocycles. The first-order chi connectivity index (χ1) is 8.52. The van der Waals surface area contributed by atoms with E-state index in [-0.39, 0.29) is 5.41 Å². The Morgan fingerprint density at radius 1 is 1.28 bits per heavy atom. The van der Waals surface area contributed by atoms with E-state index in [0.717, 1.165) is 18.6 Å². The Morgan fingerprint density at radius 3 is 2.67 bits per heavy atom. The molecule has 3 heteroatoms. The second-order valence-electron chi connectivity index (χ2n) is 5.86. The van der Waals surface area contributed by atoms with Crippen LogP contribution in [0.1, 0.15) is 27.7 Å². The van der Waals surface area contributed by atoms with Gasteiger partial charge in [-0.15, -0.1) is 0 Å². The van der Waals surface area contributed by atoms with Crippen molar-refractivity contribution in [3.63, 3.8) is 0 Å². The highest BCUT2D eigenvalue weighted by Gasteiger charge is 2.24. The third-order valence-corrected chi connectivity index (χ3v) is 3.40. The summed E-state index contributed by atoms with van der Waals surface area (Å²) in [4.78, 5) is 4.45. The summed E-state index contributed by atoms with van der Waals surface area (Å²) >= 11 is 0. The lowest BCUT2D eigenvalue weighted by Crippen LogP contribution is -2.43. The number of imidazole rings is 1. The largest absolute Gasteiger partial charge is 0.329 e. The van der Waals surface area contributed by atoms with E-state index in [1.807, 2.05) is 12.4 Å². The van der Waals surface area contributed by atoms with E-state index in [1.165, 1.54) is 5.52 Å². The monoisotopic (exact) mass is 245 g/mol. The molecule has 0 amide bonds. The van der Waals surface area contributed by atoms with E-state index < -0.39 is 0 Å². The number of benzene rings is 1. The second kappa shape index (κ2) is 5.11. The number of para-hydroxylation sites is 2. The summed E-state index contributed by atoms with van der Waals surface area (Å²) in [7, 11) is 0. The van der Waals surface area contributed by atoms with E-state index in [9.17, 15) is 0 Å². The summed E-state index contributed by atoms with van der Waals surface area (Å²) in [5.41, 5.74) is 2.52. The molecule has 3 nitrogen and oxygen atoms in total. The van der Waals surface area contributed by atoms with Crippen molar-refractivity contribution in [1.82, 2.24) is 14.9 Å². The summed E-state index contributed by atoms with van der Waals surface area (Å²) in [6, 6.07) is 8.74. The zero-order chi connectivity index (χ0) is 13.2. The van der Waals surface area contributed by atoms with Crippen molar-refractivity contribution in [1.29, 1.82) is 0 Å². The molecule has 0 saturated heterocycles. The van der Waals surface area contributed by atoms with Crippen LogP contribution < -0.4 is 5.32 Å². The molecular formula is C15H23N3. The highest BCUT2D eigenvalue weighted by Crippen LogP contribution is 2.22. The van der Waals surface area contributed by atoms with Crippen molar-refractivity contribution >= 4 is 11.0 Å². The van der Waals surface area contributed by atoms with Crippen LogP contribution in [0.4, 0.5) is 0 Å². The minimum atomic E-state index is 0.237. The van der Waals surface area contributed by atoms with Crippen molar-refractivity contribution in [2.75, 3.05) is 6.54 Å². The van der Waals surface area contributed by atoms with Gasteiger partial charge in [0.25, 0.3) is 0 Å². The molecule has 2 rings (SSSR count). The number of fused-ring (bicyclic) bond motifs is 1. The molecule has 1 aromatic carbocycles. The summed E-state index contributed by atoms with van der Waals surface area (Å²) < 4.78 is 2.24. The van der Waals surface area contributed by atoms with Crippen molar-refractivity contribution in [3.05, 3.63) is 30.6 Å². The van der Waals surface area contributed by atoms with E-state index in [0.29, 0.717) is 6.04 Å². The van der Waals surface area contributed by atoms with Crippen LogP contribution in [-0.2, 0) is 6.54 Å². The Kier molecular flexibility index (Phi) is 3.71. The van der Waals surface area contributed by atoms with Gasteiger partial charge >= 0.3 is 0 Å². The minimum absolute atomic E-state index is 0.237. The number of hydrogen-bond acceptors (Lipinski definition) is 2. The predicted molar refractivity (Wildman–Crippen MR) is 76.7 cm³/mol. The fraction of sp³-hybridized carbons (Fsp3) is 0.533. The Morgan fingerprint density at radius 2 is 2.00 bits per heavy atom. The van der Waals surface area contributed by atoms with Gasteiger partial charge < -0.3 is 9.88 Å². The zero-order valence-corrected chi connectivity index (χ0v) is 11.8. The zero-order valence-electron chi connectivity index (χ0n) is 11.8. The number of rotatable bonds is 4. The molecule has 0 aliphatic heterocycles. The third-order valence-electron chi connectivity index (χ3n) is 3.40. The van der Waals surface area contributed by atoms with E-state index >= 15 is 0 Å². The molecule has 1 atom stereocenters. The summed E-state index contributed by atoms with van der Waals surface area (Å²) in [6.07, 6.45) is 1.95. The lowest BCUT2D eigenvalue weighted by atomic mass is 9.86. The van der Waals surface area contributed by atoms with Gasteiger partial charge in [0.1, 0.15) is 0 Å². The van der Waals surface area contributed by atoms with Crippen LogP contribution in [0.3, 0.4) is 0 Å². The average molecular weight is 245 g/mol. The molecule has 0 radical (unpaired) electrons. The van der Waals surface area contributed by atoms with Crippen molar-refractivity contribution in [2.45, 2.75) is 40.3 Å². The predicted octanol–water partition coefficient (Wildman–Crippen LogP) is 3.06. The minimum Gasteiger partial charge on any atom is -0.329 e. The molecule has 98 valence electrons. The fourth-order valence-electron chi connectivity index (χ4n) is 2.24. The van der Waals surface area contributed by atoms with Gasteiger partial charge in [-0.25, -0.2) is 4.98 Å². The first kappa shape index (κ1) is 13.1. The van der Waals surface area contributed by atoms with E-state index in [2.05, 4.69) is 60.8 Å². The number of hydrogen-bond donors (Lipinski definition) is 1. The summed E-state index contributed by atoms with van der Waals surface area (Å²) in [5, 5.41) is 3.58. The molecule has 0 aliphatic carbocycles. The molecule has 1 unspecified atom stereocenters. The molecule has 0 saturated carbocycles. The van der Waals surface area contributed by atoms with Gasteiger partial charge in [-0.1, -0.05) is 39.8 Å². The molecule has 1 aromatic heterocycles. The van der Waals surface area contributed by atoms with Gasteiger partial charge in [0.15, 0.2) is 0 Å². The van der Waals surface area contributed by atoms with Crippen LogP contribution in [-0.4, -0.2) is 22.1 Å². The normalized spacial score (nSPS) is 14.0. The molecule has 0 fully saturated rings. The molecule has 0 spiro atoms. The van der Waals surface area contributed by atoms with Gasteiger partial charge in [-0.05, 0) is 24.1 Å². The molecule has 18 heavy (non-hydrogen) atoms.